The number of aryl methyl sites for hydroxylation is 1. The molecule has 10 heteroatoms. The van der Waals surface area contributed by atoms with E-state index >= 15 is 0 Å². The van der Waals surface area contributed by atoms with Crippen molar-refractivity contribution in [2.75, 3.05) is 11.1 Å². The monoisotopic (exact) mass is 449 g/mol. The maximum absolute atomic E-state index is 12.9. The van der Waals surface area contributed by atoms with E-state index in [0.717, 1.165) is 41.9 Å². The quantitative estimate of drug-likeness (QED) is 0.630. The number of hydrogen-bond donors (Lipinski definition) is 2. The van der Waals surface area contributed by atoms with Gasteiger partial charge in [0.1, 0.15) is 0 Å². The molecule has 0 atom stereocenters. The zero-order valence-electron chi connectivity index (χ0n) is 15.4. The van der Waals surface area contributed by atoms with Crippen LogP contribution in [0.15, 0.2) is 47.4 Å². The molecule has 1 aliphatic heterocycles. The van der Waals surface area contributed by atoms with Gasteiger partial charge < -0.3 is 10.4 Å². The van der Waals surface area contributed by atoms with Gasteiger partial charge >= 0.3 is 12.4 Å². The largest absolute Gasteiger partial charge is 0.430 e. The van der Waals surface area contributed by atoms with Gasteiger partial charge in [0.2, 0.25) is 5.91 Å². The lowest BCUT2D eigenvalue weighted by Crippen LogP contribution is -2.53. The molecule has 0 unspecified atom stereocenters. The Morgan fingerprint density at radius 3 is 2.23 bits per heavy atom. The third kappa shape index (κ3) is 4.44. The van der Waals surface area contributed by atoms with Gasteiger partial charge in [0.15, 0.2) is 0 Å². The first-order valence-corrected chi connectivity index (χ1v) is 9.91. The number of hydrogen-bond acceptors (Lipinski definition) is 3. The summed E-state index contributed by atoms with van der Waals surface area (Å²) in [6.07, 6.45) is -9.95. The molecule has 0 saturated heterocycles. The van der Waals surface area contributed by atoms with Crippen molar-refractivity contribution in [2.24, 2.45) is 0 Å². The molecular weight excluding hydrogens is 432 g/mol. The van der Waals surface area contributed by atoms with Gasteiger partial charge in [-0.2, -0.15) is 26.3 Å². The van der Waals surface area contributed by atoms with Crippen LogP contribution in [0.3, 0.4) is 0 Å². The third-order valence-corrected chi connectivity index (χ3v) is 5.95. The lowest BCUT2D eigenvalue weighted by molar-refractivity contribution is -0.376. The van der Waals surface area contributed by atoms with Gasteiger partial charge in [0, 0.05) is 16.1 Å². The number of alkyl halides is 6. The first kappa shape index (κ1) is 22.5. The average molecular weight is 449 g/mol. The second-order valence-corrected chi connectivity index (χ2v) is 8.04. The summed E-state index contributed by atoms with van der Waals surface area (Å²) < 4.78 is 77.5. The minimum absolute atomic E-state index is 0.00867. The Balaban J connectivity index is 1.72. The molecule has 0 saturated carbocycles. The molecule has 0 aliphatic carbocycles. The Hall–Kier alpha value is -2.20. The smallest absolute Gasteiger partial charge is 0.369 e. The summed E-state index contributed by atoms with van der Waals surface area (Å²) in [7, 11) is 0. The molecule has 0 fully saturated rings. The molecule has 1 aliphatic rings. The molecule has 0 aromatic heterocycles. The van der Waals surface area contributed by atoms with E-state index in [0.29, 0.717) is 12.1 Å². The van der Waals surface area contributed by atoms with Crippen LogP contribution in [-0.4, -0.2) is 29.1 Å². The van der Waals surface area contributed by atoms with Crippen LogP contribution in [0.4, 0.5) is 32.0 Å². The number of thioether (sulfide) groups is 1. The molecule has 0 spiro atoms. The minimum atomic E-state index is -5.96. The Bertz CT molecular complexity index is 910. The van der Waals surface area contributed by atoms with Gasteiger partial charge in [-0.05, 0) is 47.9 Å². The van der Waals surface area contributed by atoms with Crippen LogP contribution < -0.4 is 5.32 Å². The summed E-state index contributed by atoms with van der Waals surface area (Å²) >= 11 is 1.74. The maximum atomic E-state index is 12.9. The van der Waals surface area contributed by atoms with Crippen molar-refractivity contribution in [2.45, 2.75) is 42.1 Å². The fourth-order valence-electron chi connectivity index (χ4n) is 3.20. The second-order valence-electron chi connectivity index (χ2n) is 6.90. The number of nitrogens with one attached hydrogen (secondary N) is 1. The van der Waals surface area contributed by atoms with Gasteiger partial charge in [-0.3, -0.25) is 4.79 Å². The van der Waals surface area contributed by atoms with E-state index in [9.17, 15) is 36.2 Å². The molecular formula is C20H17F6NO2S. The number of fused-ring (bicyclic) bond motifs is 1. The van der Waals surface area contributed by atoms with Gasteiger partial charge in [0.25, 0.3) is 5.60 Å². The Morgan fingerprint density at radius 1 is 1.00 bits per heavy atom. The number of halogens is 6. The number of benzene rings is 2. The summed E-state index contributed by atoms with van der Waals surface area (Å²) in [5.41, 5.74) is -4.45. The molecule has 1 amide bonds. The average Bonchev–Trinajstić information content (AvgIpc) is 2.66. The number of rotatable bonds is 4. The highest BCUT2D eigenvalue weighted by Crippen LogP contribution is 2.50. The van der Waals surface area contributed by atoms with Crippen molar-refractivity contribution in [3.8, 4) is 0 Å². The molecule has 0 radical (unpaired) electrons. The second kappa shape index (κ2) is 8.14. The lowest BCUT2D eigenvalue weighted by atomic mass is 9.92. The van der Waals surface area contributed by atoms with Crippen LogP contribution in [0.25, 0.3) is 0 Å². The zero-order chi connectivity index (χ0) is 22.2. The predicted octanol–water partition coefficient (Wildman–Crippen LogP) is 5.22. The van der Waals surface area contributed by atoms with E-state index in [1.807, 2.05) is 18.2 Å². The van der Waals surface area contributed by atoms with E-state index in [2.05, 4.69) is 5.32 Å². The fraction of sp³-hybridized carbons (Fsp3) is 0.350. The molecule has 2 N–H and O–H groups in total. The molecule has 162 valence electrons. The maximum Gasteiger partial charge on any atom is 0.430 e. The molecule has 3 rings (SSSR count). The van der Waals surface area contributed by atoms with E-state index in [1.54, 1.807) is 11.8 Å². The van der Waals surface area contributed by atoms with Crippen molar-refractivity contribution in [1.29, 1.82) is 0 Å². The fourth-order valence-corrected chi connectivity index (χ4v) is 4.22. The Morgan fingerprint density at radius 2 is 1.63 bits per heavy atom. The normalized spacial score (nSPS) is 14.9. The number of carbonyl (C=O) groups excluding carboxylic acids is 1. The number of carbonyl (C=O) groups is 1. The predicted molar refractivity (Wildman–Crippen MR) is 100 cm³/mol. The molecule has 3 nitrogen and oxygen atoms in total. The summed E-state index contributed by atoms with van der Waals surface area (Å²) in [6, 6.07) is 8.44. The van der Waals surface area contributed by atoms with Crippen LogP contribution in [0.5, 0.6) is 0 Å². The summed E-state index contributed by atoms with van der Waals surface area (Å²) in [6.45, 7) is 0. The van der Waals surface area contributed by atoms with Gasteiger partial charge in [-0.1, -0.05) is 24.3 Å². The summed E-state index contributed by atoms with van der Waals surface area (Å²) in [4.78, 5) is 13.4. The summed E-state index contributed by atoms with van der Waals surface area (Å²) in [5.74, 6) is 0.578. The topological polar surface area (TPSA) is 49.3 Å². The van der Waals surface area contributed by atoms with Gasteiger partial charge in [-0.25, -0.2) is 0 Å². The van der Waals surface area contributed by atoms with Crippen molar-refractivity contribution in [3.63, 3.8) is 0 Å². The van der Waals surface area contributed by atoms with Crippen molar-refractivity contribution < 1.29 is 36.2 Å². The Kier molecular flexibility index (Phi) is 6.10. The Labute approximate surface area is 172 Å². The molecule has 0 bridgehead atoms. The third-order valence-electron chi connectivity index (χ3n) is 4.74. The zero-order valence-corrected chi connectivity index (χ0v) is 16.2. The minimum Gasteiger partial charge on any atom is -0.369 e. The van der Waals surface area contributed by atoms with E-state index in [1.165, 1.54) is 4.90 Å². The van der Waals surface area contributed by atoms with Crippen molar-refractivity contribution in [1.82, 2.24) is 0 Å². The van der Waals surface area contributed by atoms with E-state index in [4.69, 9.17) is 0 Å². The molecule has 2 aromatic rings. The van der Waals surface area contributed by atoms with Crippen LogP contribution >= 0.6 is 11.8 Å². The van der Waals surface area contributed by atoms with E-state index in [-0.39, 0.29) is 12.1 Å². The molecule has 2 aromatic carbocycles. The molecule has 30 heavy (non-hydrogen) atoms. The summed E-state index contributed by atoms with van der Waals surface area (Å²) in [5, 5.41) is 11.8. The number of amides is 1. The molecule has 1 heterocycles. The van der Waals surface area contributed by atoms with Crippen LogP contribution in [0, 0.1) is 0 Å². The van der Waals surface area contributed by atoms with E-state index < -0.39 is 29.4 Å². The van der Waals surface area contributed by atoms with Gasteiger partial charge in [-0.15, -0.1) is 11.8 Å². The van der Waals surface area contributed by atoms with Crippen LogP contribution in [-0.2, 0) is 23.2 Å². The number of aliphatic hydroxyl groups is 1. The van der Waals surface area contributed by atoms with Gasteiger partial charge in [0.05, 0.1) is 6.42 Å². The van der Waals surface area contributed by atoms with Crippen molar-refractivity contribution in [3.05, 3.63) is 59.2 Å². The lowest BCUT2D eigenvalue weighted by Gasteiger charge is -2.32. The van der Waals surface area contributed by atoms with Crippen LogP contribution in [0.1, 0.15) is 23.1 Å². The standard InChI is InChI=1S/C20H17F6NO2S/c21-19(22,23)18(29,20(24,25)26)14-4-6-15(7-5-14)27-17(28)11-12-3-8-16-13(10-12)2-1-9-30-16/h3-8,10,29H,1-2,9,11H2,(H,27,28). The first-order chi connectivity index (χ1) is 13.9. The first-order valence-electron chi connectivity index (χ1n) is 8.92. The van der Waals surface area contributed by atoms with Crippen molar-refractivity contribution >= 4 is 23.4 Å². The number of anilines is 1. The highest BCUT2D eigenvalue weighted by molar-refractivity contribution is 7.99. The highest BCUT2D eigenvalue weighted by Gasteiger charge is 2.71. The highest BCUT2D eigenvalue weighted by atomic mass is 32.2. The van der Waals surface area contributed by atoms with Crippen LogP contribution in [0.2, 0.25) is 0 Å². The SMILES string of the molecule is O=C(Cc1ccc2c(c1)CCCS2)Nc1ccc(C(O)(C(F)(F)F)C(F)(F)F)cc1.